The standard InChI is InChI=1S/C10H14INO3S/c1-8(6-7-13)12-16(14,15)10-4-2-9(11)3-5-10/h2-5,8,12-13H,6-7H2,1H3. The molecule has 0 saturated heterocycles. The van der Waals surface area contributed by atoms with Crippen molar-refractivity contribution in [2.24, 2.45) is 0 Å². The Labute approximate surface area is 109 Å². The summed E-state index contributed by atoms with van der Waals surface area (Å²) in [4.78, 5) is 0.248. The van der Waals surface area contributed by atoms with Crippen LogP contribution in [0.4, 0.5) is 0 Å². The predicted molar refractivity (Wildman–Crippen MR) is 70.6 cm³/mol. The monoisotopic (exact) mass is 355 g/mol. The van der Waals surface area contributed by atoms with Gasteiger partial charge >= 0.3 is 0 Å². The third kappa shape index (κ3) is 4.00. The molecule has 0 aromatic heterocycles. The molecule has 16 heavy (non-hydrogen) atoms. The Kier molecular flexibility index (Phi) is 5.16. The lowest BCUT2D eigenvalue weighted by Crippen LogP contribution is -2.33. The molecule has 1 aromatic rings. The Bertz CT molecular complexity index is 430. The van der Waals surface area contributed by atoms with Gasteiger partial charge in [-0.05, 0) is 60.2 Å². The van der Waals surface area contributed by atoms with Crippen LogP contribution in [0.1, 0.15) is 13.3 Å². The van der Waals surface area contributed by atoms with Crippen molar-refractivity contribution in [2.45, 2.75) is 24.3 Å². The number of hydrogen-bond donors (Lipinski definition) is 2. The topological polar surface area (TPSA) is 66.4 Å². The van der Waals surface area contributed by atoms with Crippen LogP contribution in [0, 0.1) is 3.57 Å². The van der Waals surface area contributed by atoms with Crippen molar-refractivity contribution >= 4 is 32.6 Å². The highest BCUT2D eigenvalue weighted by Gasteiger charge is 2.16. The van der Waals surface area contributed by atoms with Crippen molar-refractivity contribution in [3.8, 4) is 0 Å². The predicted octanol–water partition coefficient (Wildman–Crippen LogP) is 1.34. The van der Waals surface area contributed by atoms with Crippen LogP contribution in [-0.4, -0.2) is 26.2 Å². The second-order valence-electron chi connectivity index (χ2n) is 3.49. The van der Waals surface area contributed by atoms with Gasteiger partial charge in [0.2, 0.25) is 10.0 Å². The van der Waals surface area contributed by atoms with Crippen molar-refractivity contribution < 1.29 is 13.5 Å². The molecule has 1 rings (SSSR count). The Morgan fingerprint density at radius 2 is 1.94 bits per heavy atom. The minimum Gasteiger partial charge on any atom is -0.396 e. The molecule has 0 aliphatic heterocycles. The van der Waals surface area contributed by atoms with Gasteiger partial charge < -0.3 is 5.11 Å². The summed E-state index contributed by atoms with van der Waals surface area (Å²) < 4.78 is 27.2. The Morgan fingerprint density at radius 1 is 1.38 bits per heavy atom. The summed E-state index contributed by atoms with van der Waals surface area (Å²) in [6, 6.07) is 6.35. The van der Waals surface area contributed by atoms with Gasteiger partial charge in [0.05, 0.1) is 4.90 Å². The highest BCUT2D eigenvalue weighted by atomic mass is 127. The van der Waals surface area contributed by atoms with Gasteiger partial charge in [0.25, 0.3) is 0 Å². The smallest absolute Gasteiger partial charge is 0.240 e. The zero-order valence-corrected chi connectivity index (χ0v) is 11.8. The van der Waals surface area contributed by atoms with Gasteiger partial charge in [-0.3, -0.25) is 0 Å². The first-order valence-electron chi connectivity index (χ1n) is 4.84. The molecule has 1 unspecified atom stereocenters. The molecule has 0 aliphatic carbocycles. The molecule has 2 N–H and O–H groups in total. The maximum atomic E-state index is 11.8. The van der Waals surface area contributed by atoms with Gasteiger partial charge in [0.1, 0.15) is 0 Å². The summed E-state index contributed by atoms with van der Waals surface area (Å²) in [7, 11) is -3.46. The van der Waals surface area contributed by atoms with E-state index < -0.39 is 10.0 Å². The first-order valence-corrected chi connectivity index (χ1v) is 7.40. The van der Waals surface area contributed by atoms with E-state index in [2.05, 4.69) is 27.3 Å². The van der Waals surface area contributed by atoms with Gasteiger partial charge in [-0.2, -0.15) is 0 Å². The second-order valence-corrected chi connectivity index (χ2v) is 6.45. The fraction of sp³-hybridized carbons (Fsp3) is 0.400. The minimum absolute atomic E-state index is 0.0314. The van der Waals surface area contributed by atoms with Crippen LogP contribution in [0.2, 0.25) is 0 Å². The van der Waals surface area contributed by atoms with E-state index in [-0.39, 0.29) is 17.5 Å². The molecule has 0 radical (unpaired) electrons. The van der Waals surface area contributed by atoms with E-state index in [1.165, 1.54) is 0 Å². The van der Waals surface area contributed by atoms with Crippen LogP contribution >= 0.6 is 22.6 Å². The molecule has 0 spiro atoms. The van der Waals surface area contributed by atoms with Crippen molar-refractivity contribution in [1.29, 1.82) is 0 Å². The molecule has 0 bridgehead atoms. The minimum atomic E-state index is -3.46. The van der Waals surface area contributed by atoms with Crippen LogP contribution in [0.25, 0.3) is 0 Å². The van der Waals surface area contributed by atoms with Gasteiger partial charge in [0.15, 0.2) is 0 Å². The molecule has 90 valence electrons. The van der Waals surface area contributed by atoms with E-state index in [1.807, 2.05) is 0 Å². The first-order chi connectivity index (χ1) is 7.45. The molecule has 6 heteroatoms. The number of halogens is 1. The van der Waals surface area contributed by atoms with E-state index in [0.29, 0.717) is 6.42 Å². The van der Waals surface area contributed by atoms with Crippen molar-refractivity contribution in [2.75, 3.05) is 6.61 Å². The van der Waals surface area contributed by atoms with Crippen molar-refractivity contribution in [3.05, 3.63) is 27.8 Å². The van der Waals surface area contributed by atoms with E-state index >= 15 is 0 Å². The number of sulfonamides is 1. The summed E-state index contributed by atoms with van der Waals surface area (Å²) in [5.41, 5.74) is 0. The zero-order chi connectivity index (χ0) is 12.2. The van der Waals surface area contributed by atoms with Gasteiger partial charge in [-0.25, -0.2) is 13.1 Å². The highest BCUT2D eigenvalue weighted by molar-refractivity contribution is 14.1. The molecule has 0 heterocycles. The lowest BCUT2D eigenvalue weighted by molar-refractivity contribution is 0.275. The molecule has 1 aromatic carbocycles. The number of rotatable bonds is 5. The van der Waals surface area contributed by atoms with Crippen LogP contribution in [0.5, 0.6) is 0 Å². The molecule has 0 amide bonds. The maximum Gasteiger partial charge on any atom is 0.240 e. The van der Waals surface area contributed by atoms with Crippen LogP contribution in [-0.2, 0) is 10.0 Å². The van der Waals surface area contributed by atoms with Crippen molar-refractivity contribution in [1.82, 2.24) is 4.72 Å². The fourth-order valence-electron chi connectivity index (χ4n) is 1.20. The lowest BCUT2D eigenvalue weighted by Gasteiger charge is -2.12. The molecule has 0 saturated carbocycles. The fourth-order valence-corrected chi connectivity index (χ4v) is 2.84. The third-order valence-corrected chi connectivity index (χ3v) is 4.37. The number of hydrogen-bond acceptors (Lipinski definition) is 3. The quantitative estimate of drug-likeness (QED) is 0.784. The largest absolute Gasteiger partial charge is 0.396 e. The highest BCUT2D eigenvalue weighted by Crippen LogP contribution is 2.12. The number of aliphatic hydroxyl groups excluding tert-OH is 1. The van der Waals surface area contributed by atoms with Gasteiger partial charge in [-0.1, -0.05) is 0 Å². The van der Waals surface area contributed by atoms with Crippen LogP contribution in [0.3, 0.4) is 0 Å². The molecule has 1 atom stereocenters. The average Bonchev–Trinajstić information content (AvgIpc) is 2.17. The molecule has 0 aliphatic rings. The summed E-state index contributed by atoms with van der Waals surface area (Å²) in [6.07, 6.45) is 0.406. The second kappa shape index (κ2) is 5.95. The maximum absolute atomic E-state index is 11.8. The van der Waals surface area contributed by atoms with Crippen molar-refractivity contribution in [3.63, 3.8) is 0 Å². The Balaban J connectivity index is 2.82. The molecular weight excluding hydrogens is 341 g/mol. The van der Waals surface area contributed by atoms with E-state index in [9.17, 15) is 8.42 Å². The first kappa shape index (κ1) is 13.9. The van der Waals surface area contributed by atoms with Gasteiger partial charge in [-0.15, -0.1) is 0 Å². The summed E-state index contributed by atoms with van der Waals surface area (Å²) in [6.45, 7) is 1.69. The summed E-state index contributed by atoms with van der Waals surface area (Å²) in [5, 5.41) is 8.70. The Morgan fingerprint density at radius 3 is 2.44 bits per heavy atom. The lowest BCUT2D eigenvalue weighted by atomic mass is 10.3. The van der Waals surface area contributed by atoms with E-state index in [4.69, 9.17) is 5.11 Å². The summed E-state index contributed by atoms with van der Waals surface area (Å²) in [5.74, 6) is 0. The normalized spacial score (nSPS) is 13.7. The number of benzene rings is 1. The van der Waals surface area contributed by atoms with E-state index in [1.54, 1.807) is 31.2 Å². The average molecular weight is 355 g/mol. The number of nitrogens with one attached hydrogen (secondary N) is 1. The van der Waals surface area contributed by atoms with Crippen LogP contribution in [0.15, 0.2) is 29.2 Å². The molecular formula is C10H14INO3S. The SMILES string of the molecule is CC(CCO)NS(=O)(=O)c1ccc(I)cc1. The zero-order valence-electron chi connectivity index (χ0n) is 8.85. The summed E-state index contributed by atoms with van der Waals surface area (Å²) >= 11 is 2.12. The third-order valence-electron chi connectivity index (χ3n) is 2.04. The van der Waals surface area contributed by atoms with E-state index in [0.717, 1.165) is 3.57 Å². The number of aliphatic hydroxyl groups is 1. The Hall–Kier alpha value is -0.180. The van der Waals surface area contributed by atoms with Crippen LogP contribution < -0.4 is 4.72 Å². The van der Waals surface area contributed by atoms with Gasteiger partial charge in [0, 0.05) is 16.2 Å². The molecule has 4 nitrogen and oxygen atoms in total. The molecule has 0 fully saturated rings.